The van der Waals surface area contributed by atoms with Gasteiger partial charge < -0.3 is 10.2 Å². The Balaban J connectivity index is 2.65. The van der Waals surface area contributed by atoms with Gasteiger partial charge >= 0.3 is 0 Å². The lowest BCUT2D eigenvalue weighted by atomic mass is 9.79. The Bertz CT molecular complexity index is 247. The van der Waals surface area contributed by atoms with Crippen LogP contribution in [0, 0.1) is 5.41 Å². The molecule has 0 heterocycles. The molecule has 1 rings (SSSR count). The molecule has 1 saturated carbocycles. The molecule has 2 nitrogen and oxygen atoms in total. The number of hydrogen-bond donors (Lipinski definition) is 1. The third-order valence-corrected chi connectivity index (χ3v) is 5.61. The number of nitrogens with one attached hydrogen (secondary N) is 1. The first-order chi connectivity index (χ1) is 9.49. The van der Waals surface area contributed by atoms with Crippen molar-refractivity contribution in [1.29, 1.82) is 0 Å². The van der Waals surface area contributed by atoms with Crippen LogP contribution in [0.4, 0.5) is 0 Å². The molecule has 0 aromatic heterocycles. The third-order valence-electron chi connectivity index (χ3n) is 4.79. The first-order valence-corrected chi connectivity index (χ1v) is 9.81. The number of thioether (sulfide) groups is 1. The minimum atomic E-state index is 0.502. The molecule has 3 heteroatoms. The van der Waals surface area contributed by atoms with Crippen molar-refractivity contribution in [2.75, 3.05) is 32.1 Å². The zero-order valence-electron chi connectivity index (χ0n) is 14.4. The van der Waals surface area contributed by atoms with E-state index >= 15 is 0 Å². The number of hydrogen-bond acceptors (Lipinski definition) is 3. The maximum atomic E-state index is 3.73. The quantitative estimate of drug-likeness (QED) is 0.682. The van der Waals surface area contributed by atoms with Crippen molar-refractivity contribution in [2.24, 2.45) is 5.41 Å². The molecule has 20 heavy (non-hydrogen) atoms. The molecule has 1 atom stereocenters. The van der Waals surface area contributed by atoms with Crippen LogP contribution in [0.3, 0.4) is 0 Å². The summed E-state index contributed by atoms with van der Waals surface area (Å²) < 4.78 is 0. The normalized spacial score (nSPS) is 21.1. The van der Waals surface area contributed by atoms with Crippen molar-refractivity contribution in [3.63, 3.8) is 0 Å². The summed E-state index contributed by atoms with van der Waals surface area (Å²) in [5.41, 5.74) is 0.502. The SMILES string of the molecule is CSCC(C)N(C)CC1(CNC(C)C)CCCCCC1. The van der Waals surface area contributed by atoms with Crippen molar-refractivity contribution < 1.29 is 0 Å². The smallest absolute Gasteiger partial charge is 0.0155 e. The van der Waals surface area contributed by atoms with E-state index in [9.17, 15) is 0 Å². The van der Waals surface area contributed by atoms with E-state index in [1.165, 1.54) is 57.4 Å². The Kier molecular flexibility index (Phi) is 8.54. The lowest BCUT2D eigenvalue weighted by molar-refractivity contribution is 0.124. The van der Waals surface area contributed by atoms with Crippen molar-refractivity contribution in [1.82, 2.24) is 10.2 Å². The van der Waals surface area contributed by atoms with Crippen LogP contribution >= 0.6 is 11.8 Å². The summed E-state index contributed by atoms with van der Waals surface area (Å²) in [5.74, 6) is 1.24. The van der Waals surface area contributed by atoms with Gasteiger partial charge in [-0.05, 0) is 38.5 Å². The van der Waals surface area contributed by atoms with Crippen molar-refractivity contribution in [3.8, 4) is 0 Å². The fraction of sp³-hybridized carbons (Fsp3) is 1.00. The zero-order chi connectivity index (χ0) is 15.0. The lowest BCUT2D eigenvalue weighted by Crippen LogP contribution is -2.47. The summed E-state index contributed by atoms with van der Waals surface area (Å²) in [7, 11) is 2.32. The summed E-state index contributed by atoms with van der Waals surface area (Å²) >= 11 is 1.96. The van der Waals surface area contributed by atoms with Gasteiger partial charge in [-0.3, -0.25) is 0 Å². The van der Waals surface area contributed by atoms with Crippen molar-refractivity contribution >= 4 is 11.8 Å². The average molecular weight is 301 g/mol. The van der Waals surface area contributed by atoms with E-state index in [4.69, 9.17) is 0 Å². The van der Waals surface area contributed by atoms with E-state index in [2.05, 4.69) is 44.3 Å². The van der Waals surface area contributed by atoms with Crippen LogP contribution in [0.1, 0.15) is 59.3 Å². The minimum absolute atomic E-state index is 0.502. The highest BCUT2D eigenvalue weighted by Crippen LogP contribution is 2.35. The van der Waals surface area contributed by atoms with Crippen LogP contribution in [0.15, 0.2) is 0 Å². The second kappa shape index (κ2) is 9.32. The van der Waals surface area contributed by atoms with Gasteiger partial charge in [-0.1, -0.05) is 39.5 Å². The van der Waals surface area contributed by atoms with Crippen LogP contribution in [0.25, 0.3) is 0 Å². The van der Waals surface area contributed by atoms with Gasteiger partial charge in [0.1, 0.15) is 0 Å². The first-order valence-electron chi connectivity index (χ1n) is 8.42. The van der Waals surface area contributed by atoms with Crippen LogP contribution in [-0.2, 0) is 0 Å². The van der Waals surface area contributed by atoms with E-state index in [0.29, 0.717) is 17.5 Å². The molecule has 0 spiro atoms. The second-order valence-electron chi connectivity index (χ2n) is 7.17. The number of nitrogens with zero attached hydrogens (tertiary/aromatic N) is 1. The molecule has 0 radical (unpaired) electrons. The van der Waals surface area contributed by atoms with Crippen molar-refractivity contribution in [3.05, 3.63) is 0 Å². The molecule has 1 fully saturated rings. The molecule has 0 amide bonds. The van der Waals surface area contributed by atoms with E-state index < -0.39 is 0 Å². The third kappa shape index (κ3) is 6.36. The first kappa shape index (κ1) is 18.3. The molecule has 0 aliphatic heterocycles. The zero-order valence-corrected chi connectivity index (χ0v) is 15.2. The maximum absolute atomic E-state index is 3.73. The topological polar surface area (TPSA) is 15.3 Å². The van der Waals surface area contributed by atoms with E-state index in [1.807, 2.05) is 11.8 Å². The molecular weight excluding hydrogens is 264 g/mol. The largest absolute Gasteiger partial charge is 0.314 e. The van der Waals surface area contributed by atoms with Gasteiger partial charge in [-0.25, -0.2) is 0 Å². The van der Waals surface area contributed by atoms with Crippen LogP contribution in [-0.4, -0.2) is 49.1 Å². The Labute approximate surface area is 131 Å². The molecule has 0 bridgehead atoms. The highest BCUT2D eigenvalue weighted by atomic mass is 32.2. The predicted octanol–water partition coefficient (Wildman–Crippen LogP) is 4.01. The molecule has 0 aromatic rings. The van der Waals surface area contributed by atoms with E-state index in [1.54, 1.807) is 0 Å². The second-order valence-corrected chi connectivity index (χ2v) is 8.08. The van der Waals surface area contributed by atoms with Gasteiger partial charge in [0, 0.05) is 30.9 Å². The Morgan fingerprint density at radius 3 is 2.20 bits per heavy atom. The monoisotopic (exact) mass is 300 g/mol. The standard InChI is InChI=1S/C17H36N2S/c1-15(2)18-13-17(10-8-6-7-9-11-17)14-19(4)16(3)12-20-5/h15-16,18H,6-14H2,1-5H3. The molecule has 120 valence electrons. The fourth-order valence-electron chi connectivity index (χ4n) is 3.34. The summed E-state index contributed by atoms with van der Waals surface area (Å²) in [5, 5.41) is 3.73. The summed E-state index contributed by atoms with van der Waals surface area (Å²) in [4.78, 5) is 2.60. The lowest BCUT2D eigenvalue weighted by Gasteiger charge is -2.39. The highest BCUT2D eigenvalue weighted by Gasteiger charge is 2.32. The Morgan fingerprint density at radius 1 is 1.10 bits per heavy atom. The summed E-state index contributed by atoms with van der Waals surface area (Å²) in [6.07, 6.45) is 10.7. The molecule has 1 aliphatic rings. The van der Waals surface area contributed by atoms with E-state index in [-0.39, 0.29) is 0 Å². The molecule has 1 unspecified atom stereocenters. The fourth-order valence-corrected chi connectivity index (χ4v) is 4.08. The maximum Gasteiger partial charge on any atom is 0.0155 e. The van der Waals surface area contributed by atoms with Crippen LogP contribution in [0.2, 0.25) is 0 Å². The highest BCUT2D eigenvalue weighted by molar-refractivity contribution is 7.98. The Hall–Kier alpha value is 0.270. The van der Waals surface area contributed by atoms with Crippen LogP contribution < -0.4 is 5.32 Å². The molecule has 1 N–H and O–H groups in total. The van der Waals surface area contributed by atoms with E-state index in [0.717, 1.165) is 0 Å². The molecule has 0 saturated heterocycles. The van der Waals surface area contributed by atoms with Gasteiger partial charge in [0.15, 0.2) is 0 Å². The molecule has 1 aliphatic carbocycles. The summed E-state index contributed by atoms with van der Waals surface area (Å²) in [6, 6.07) is 1.29. The van der Waals surface area contributed by atoms with Gasteiger partial charge in [0.05, 0.1) is 0 Å². The minimum Gasteiger partial charge on any atom is -0.314 e. The van der Waals surface area contributed by atoms with Crippen LogP contribution in [0.5, 0.6) is 0 Å². The Morgan fingerprint density at radius 2 is 1.70 bits per heavy atom. The summed E-state index contributed by atoms with van der Waals surface area (Å²) in [6.45, 7) is 9.36. The van der Waals surface area contributed by atoms with Crippen molar-refractivity contribution in [2.45, 2.75) is 71.4 Å². The predicted molar refractivity (Wildman–Crippen MR) is 93.7 cm³/mol. The van der Waals surface area contributed by atoms with Gasteiger partial charge in [-0.15, -0.1) is 0 Å². The number of rotatable bonds is 8. The van der Waals surface area contributed by atoms with Gasteiger partial charge in [-0.2, -0.15) is 11.8 Å². The average Bonchev–Trinajstić information content (AvgIpc) is 2.63. The molecular formula is C17H36N2S. The van der Waals surface area contributed by atoms with Gasteiger partial charge in [0.25, 0.3) is 0 Å². The molecule has 0 aromatic carbocycles. The van der Waals surface area contributed by atoms with Gasteiger partial charge in [0.2, 0.25) is 0 Å².